The summed E-state index contributed by atoms with van der Waals surface area (Å²) in [6, 6.07) is 4.71. The quantitative estimate of drug-likeness (QED) is 0.780. The third-order valence-corrected chi connectivity index (χ3v) is 2.99. The average Bonchev–Trinajstić information content (AvgIpc) is 2.69. The number of nitrogens with one attached hydrogen (secondary N) is 1. The van der Waals surface area contributed by atoms with Gasteiger partial charge < -0.3 is 5.32 Å². The zero-order chi connectivity index (χ0) is 10.2. The van der Waals surface area contributed by atoms with Gasteiger partial charge in [0.1, 0.15) is 0 Å². The molecule has 76 valence electrons. The molecular weight excluding hydrogens is 192 g/mol. The highest BCUT2D eigenvalue weighted by Crippen LogP contribution is 2.06. The molecule has 2 nitrogen and oxygen atoms in total. The van der Waals surface area contributed by atoms with Gasteiger partial charge in [-0.05, 0) is 41.8 Å². The molecule has 0 bridgehead atoms. The molecule has 0 radical (unpaired) electrons. The molecule has 0 spiro atoms. The molecule has 1 heterocycles. The van der Waals surface area contributed by atoms with Gasteiger partial charge in [0.05, 0.1) is 12.5 Å². The second-order valence-electron chi connectivity index (χ2n) is 3.30. The molecular formula is C11H16N2S. The first-order valence-corrected chi connectivity index (χ1v) is 5.92. The van der Waals surface area contributed by atoms with Gasteiger partial charge in [-0.1, -0.05) is 6.92 Å². The Morgan fingerprint density at radius 3 is 3.07 bits per heavy atom. The predicted octanol–water partition coefficient (Wildman–Crippen LogP) is 2.57. The second kappa shape index (κ2) is 6.58. The van der Waals surface area contributed by atoms with E-state index in [1.165, 1.54) is 5.56 Å². The van der Waals surface area contributed by atoms with Crippen molar-refractivity contribution in [1.82, 2.24) is 5.32 Å². The molecule has 0 aliphatic rings. The van der Waals surface area contributed by atoms with Crippen LogP contribution in [0.2, 0.25) is 0 Å². The van der Waals surface area contributed by atoms with Crippen molar-refractivity contribution in [3.8, 4) is 6.07 Å². The molecule has 14 heavy (non-hydrogen) atoms. The van der Waals surface area contributed by atoms with Crippen LogP contribution in [-0.2, 0) is 6.42 Å². The maximum absolute atomic E-state index is 8.56. The van der Waals surface area contributed by atoms with Crippen molar-refractivity contribution < 1.29 is 0 Å². The second-order valence-corrected chi connectivity index (χ2v) is 4.08. The van der Waals surface area contributed by atoms with E-state index in [2.05, 4.69) is 35.1 Å². The SMILES string of the molecule is CCC(CC#N)NCCc1ccsc1. The molecule has 1 atom stereocenters. The normalized spacial score (nSPS) is 12.3. The van der Waals surface area contributed by atoms with E-state index in [0.29, 0.717) is 12.5 Å². The van der Waals surface area contributed by atoms with Crippen LogP contribution < -0.4 is 5.32 Å². The Bertz CT molecular complexity index is 274. The standard InChI is InChI=1S/C11H16N2S/c1-2-11(3-6-12)13-7-4-10-5-8-14-9-10/h5,8-9,11,13H,2-4,7H2,1H3. The van der Waals surface area contributed by atoms with Gasteiger partial charge in [0, 0.05) is 6.04 Å². The van der Waals surface area contributed by atoms with Crippen LogP contribution in [-0.4, -0.2) is 12.6 Å². The fourth-order valence-electron chi connectivity index (χ4n) is 1.33. The van der Waals surface area contributed by atoms with Crippen LogP contribution in [0, 0.1) is 11.3 Å². The lowest BCUT2D eigenvalue weighted by Gasteiger charge is -2.12. The third-order valence-electron chi connectivity index (χ3n) is 2.26. The van der Waals surface area contributed by atoms with Crippen LogP contribution >= 0.6 is 11.3 Å². The van der Waals surface area contributed by atoms with Crippen molar-refractivity contribution in [2.75, 3.05) is 6.54 Å². The minimum absolute atomic E-state index is 0.360. The fraction of sp³-hybridized carbons (Fsp3) is 0.545. The topological polar surface area (TPSA) is 35.8 Å². The molecule has 1 rings (SSSR count). The lowest BCUT2D eigenvalue weighted by Crippen LogP contribution is -2.29. The highest BCUT2D eigenvalue weighted by atomic mass is 32.1. The zero-order valence-corrected chi connectivity index (χ0v) is 9.31. The van der Waals surface area contributed by atoms with E-state index in [9.17, 15) is 0 Å². The molecule has 0 aliphatic heterocycles. The summed E-state index contributed by atoms with van der Waals surface area (Å²) in [6.45, 7) is 3.08. The van der Waals surface area contributed by atoms with Crippen LogP contribution in [0.5, 0.6) is 0 Å². The van der Waals surface area contributed by atoms with E-state index in [1.807, 2.05) is 0 Å². The van der Waals surface area contributed by atoms with Gasteiger partial charge in [-0.15, -0.1) is 0 Å². The number of thiophene rings is 1. The molecule has 0 amide bonds. The maximum atomic E-state index is 8.56. The van der Waals surface area contributed by atoms with Crippen molar-refractivity contribution in [2.45, 2.75) is 32.2 Å². The molecule has 3 heteroatoms. The van der Waals surface area contributed by atoms with E-state index < -0.39 is 0 Å². The number of hydrogen-bond acceptors (Lipinski definition) is 3. The minimum Gasteiger partial charge on any atom is -0.313 e. The Hall–Kier alpha value is -0.850. The summed E-state index contributed by atoms with van der Waals surface area (Å²) in [5, 5.41) is 16.2. The summed E-state index contributed by atoms with van der Waals surface area (Å²) in [4.78, 5) is 0. The Labute approximate surface area is 89.6 Å². The van der Waals surface area contributed by atoms with E-state index in [-0.39, 0.29) is 0 Å². The molecule has 1 unspecified atom stereocenters. The molecule has 1 N–H and O–H groups in total. The lowest BCUT2D eigenvalue weighted by atomic mass is 10.1. The van der Waals surface area contributed by atoms with Gasteiger partial charge in [0.15, 0.2) is 0 Å². The highest BCUT2D eigenvalue weighted by Gasteiger charge is 2.03. The smallest absolute Gasteiger partial charge is 0.0638 e. The van der Waals surface area contributed by atoms with E-state index in [0.717, 1.165) is 19.4 Å². The van der Waals surface area contributed by atoms with Gasteiger partial charge in [-0.3, -0.25) is 0 Å². The maximum Gasteiger partial charge on any atom is 0.0638 e. The van der Waals surface area contributed by atoms with Gasteiger partial charge >= 0.3 is 0 Å². The number of nitriles is 1. The van der Waals surface area contributed by atoms with Crippen LogP contribution in [0.3, 0.4) is 0 Å². The first kappa shape index (κ1) is 11.2. The number of hydrogen-bond donors (Lipinski definition) is 1. The van der Waals surface area contributed by atoms with Crippen molar-refractivity contribution in [2.24, 2.45) is 0 Å². The molecule has 0 aliphatic carbocycles. The first-order chi connectivity index (χ1) is 6.86. The van der Waals surface area contributed by atoms with Crippen molar-refractivity contribution >= 4 is 11.3 Å². The Balaban J connectivity index is 2.17. The predicted molar refractivity (Wildman–Crippen MR) is 60.3 cm³/mol. The number of rotatable bonds is 6. The summed E-state index contributed by atoms with van der Waals surface area (Å²) in [6.07, 6.45) is 2.70. The third kappa shape index (κ3) is 3.91. The molecule has 0 fully saturated rings. The number of nitrogens with zero attached hydrogens (tertiary/aromatic N) is 1. The monoisotopic (exact) mass is 208 g/mol. The molecule has 1 aromatic rings. The Morgan fingerprint density at radius 2 is 2.50 bits per heavy atom. The fourth-order valence-corrected chi connectivity index (χ4v) is 2.03. The van der Waals surface area contributed by atoms with Crippen molar-refractivity contribution in [3.63, 3.8) is 0 Å². The Kier molecular flexibility index (Phi) is 5.28. The first-order valence-electron chi connectivity index (χ1n) is 4.98. The van der Waals surface area contributed by atoms with Gasteiger partial charge in [-0.2, -0.15) is 16.6 Å². The largest absolute Gasteiger partial charge is 0.313 e. The van der Waals surface area contributed by atoms with Crippen molar-refractivity contribution in [3.05, 3.63) is 22.4 Å². The summed E-state index contributed by atoms with van der Waals surface area (Å²) < 4.78 is 0. The molecule has 0 saturated carbocycles. The summed E-state index contributed by atoms with van der Waals surface area (Å²) >= 11 is 1.73. The van der Waals surface area contributed by atoms with Gasteiger partial charge in [-0.25, -0.2) is 0 Å². The summed E-state index contributed by atoms with van der Waals surface area (Å²) in [5.74, 6) is 0. The zero-order valence-electron chi connectivity index (χ0n) is 8.49. The van der Waals surface area contributed by atoms with E-state index >= 15 is 0 Å². The van der Waals surface area contributed by atoms with E-state index in [1.54, 1.807) is 11.3 Å². The lowest BCUT2D eigenvalue weighted by molar-refractivity contribution is 0.509. The van der Waals surface area contributed by atoms with Crippen LogP contribution in [0.25, 0.3) is 0 Å². The van der Waals surface area contributed by atoms with Crippen molar-refractivity contribution in [1.29, 1.82) is 5.26 Å². The summed E-state index contributed by atoms with van der Waals surface area (Å²) in [5.41, 5.74) is 1.38. The highest BCUT2D eigenvalue weighted by molar-refractivity contribution is 7.07. The molecule has 0 aromatic carbocycles. The summed E-state index contributed by atoms with van der Waals surface area (Å²) in [7, 11) is 0. The van der Waals surface area contributed by atoms with E-state index in [4.69, 9.17) is 5.26 Å². The van der Waals surface area contributed by atoms with Crippen LogP contribution in [0.4, 0.5) is 0 Å². The minimum atomic E-state index is 0.360. The Morgan fingerprint density at radius 1 is 1.64 bits per heavy atom. The van der Waals surface area contributed by atoms with Gasteiger partial charge in [0.25, 0.3) is 0 Å². The molecule has 1 aromatic heterocycles. The van der Waals surface area contributed by atoms with Crippen LogP contribution in [0.15, 0.2) is 16.8 Å². The molecule has 0 saturated heterocycles. The van der Waals surface area contributed by atoms with Gasteiger partial charge in [0.2, 0.25) is 0 Å². The van der Waals surface area contributed by atoms with Crippen LogP contribution in [0.1, 0.15) is 25.3 Å². The average molecular weight is 208 g/mol.